The zero-order valence-electron chi connectivity index (χ0n) is 17.1. The Hall–Kier alpha value is -3.01. The van der Waals surface area contributed by atoms with Crippen LogP contribution in [0.4, 0.5) is 5.13 Å². The molecule has 0 saturated heterocycles. The number of para-hydroxylation sites is 1. The Bertz CT molecular complexity index is 1210. The first-order chi connectivity index (χ1) is 14.9. The van der Waals surface area contributed by atoms with E-state index in [2.05, 4.69) is 23.5 Å². The van der Waals surface area contributed by atoms with Crippen LogP contribution in [0.5, 0.6) is 5.75 Å². The van der Waals surface area contributed by atoms with Crippen molar-refractivity contribution in [2.45, 2.75) is 11.8 Å². The maximum absolute atomic E-state index is 13.0. The fourth-order valence-corrected chi connectivity index (χ4v) is 5.31. The molecule has 162 valence electrons. The van der Waals surface area contributed by atoms with Crippen LogP contribution in [0.25, 0.3) is 10.2 Å². The number of fused-ring (bicyclic) bond motifs is 1. The highest BCUT2D eigenvalue weighted by Crippen LogP contribution is 2.30. The van der Waals surface area contributed by atoms with Crippen molar-refractivity contribution in [3.05, 3.63) is 73.3 Å². The van der Waals surface area contributed by atoms with E-state index in [1.807, 2.05) is 6.92 Å². The van der Waals surface area contributed by atoms with Crippen molar-refractivity contribution in [2.24, 2.45) is 0 Å². The van der Waals surface area contributed by atoms with Crippen molar-refractivity contribution < 1.29 is 17.9 Å². The van der Waals surface area contributed by atoms with Gasteiger partial charge in [0.1, 0.15) is 5.75 Å². The number of amides is 1. The standard InChI is InChI=1S/C22H23N3O4S2/c1-4-13-25(14-5-2)31(27,28)16-11-12-18-20(15-16)30-22(23-18)24-21(26)17-9-7-8-10-19(17)29-6-3/h4-5,7-12,15H,1-2,6,13-14H2,3H3,(H,23,24,26). The van der Waals surface area contributed by atoms with E-state index in [-0.39, 0.29) is 23.9 Å². The van der Waals surface area contributed by atoms with Gasteiger partial charge in [0.15, 0.2) is 5.13 Å². The van der Waals surface area contributed by atoms with E-state index in [1.54, 1.807) is 36.4 Å². The number of hydrogen-bond donors (Lipinski definition) is 1. The van der Waals surface area contributed by atoms with Crippen LogP contribution in [0.2, 0.25) is 0 Å². The zero-order chi connectivity index (χ0) is 22.4. The number of benzene rings is 2. The molecule has 0 aliphatic rings. The lowest BCUT2D eigenvalue weighted by Crippen LogP contribution is -2.31. The zero-order valence-corrected chi connectivity index (χ0v) is 18.7. The Labute approximate surface area is 185 Å². The quantitative estimate of drug-likeness (QED) is 0.458. The van der Waals surface area contributed by atoms with Crippen molar-refractivity contribution >= 4 is 42.6 Å². The summed E-state index contributed by atoms with van der Waals surface area (Å²) in [6.07, 6.45) is 3.06. The minimum absolute atomic E-state index is 0.145. The summed E-state index contributed by atoms with van der Waals surface area (Å²) < 4.78 is 33.3. The smallest absolute Gasteiger partial charge is 0.261 e. The van der Waals surface area contributed by atoms with E-state index >= 15 is 0 Å². The van der Waals surface area contributed by atoms with Crippen LogP contribution < -0.4 is 10.1 Å². The topological polar surface area (TPSA) is 88.6 Å². The third kappa shape index (κ3) is 5.01. The summed E-state index contributed by atoms with van der Waals surface area (Å²) in [6, 6.07) is 11.6. The maximum atomic E-state index is 13.0. The van der Waals surface area contributed by atoms with Gasteiger partial charge < -0.3 is 4.74 Å². The molecule has 2 aromatic carbocycles. The predicted octanol–water partition coefficient (Wildman–Crippen LogP) is 4.31. The minimum atomic E-state index is -3.72. The van der Waals surface area contributed by atoms with E-state index in [0.717, 1.165) is 0 Å². The molecule has 1 heterocycles. The van der Waals surface area contributed by atoms with E-state index in [0.29, 0.717) is 33.3 Å². The summed E-state index contributed by atoms with van der Waals surface area (Å²) in [7, 11) is -3.72. The van der Waals surface area contributed by atoms with Gasteiger partial charge in [0.2, 0.25) is 10.0 Å². The number of thiazole rings is 1. The molecule has 1 amide bonds. The van der Waals surface area contributed by atoms with Crippen molar-refractivity contribution in [3.63, 3.8) is 0 Å². The van der Waals surface area contributed by atoms with Gasteiger partial charge in [-0.05, 0) is 37.3 Å². The third-order valence-corrected chi connectivity index (χ3v) is 7.08. The number of aromatic nitrogens is 1. The second-order valence-electron chi connectivity index (χ2n) is 6.43. The molecule has 0 radical (unpaired) electrons. The fraction of sp³-hybridized carbons (Fsp3) is 0.182. The molecule has 31 heavy (non-hydrogen) atoms. The summed E-state index contributed by atoms with van der Waals surface area (Å²) in [5.41, 5.74) is 0.993. The minimum Gasteiger partial charge on any atom is -0.493 e. The number of anilines is 1. The Kier molecular flexibility index (Phi) is 7.21. The van der Waals surface area contributed by atoms with Crippen LogP contribution >= 0.6 is 11.3 Å². The lowest BCUT2D eigenvalue weighted by molar-refractivity contribution is 0.102. The van der Waals surface area contributed by atoms with Crippen LogP contribution in [-0.2, 0) is 10.0 Å². The molecule has 3 aromatic rings. The molecule has 0 aliphatic heterocycles. The molecule has 0 aliphatic carbocycles. The summed E-state index contributed by atoms with van der Waals surface area (Å²) in [4.78, 5) is 17.2. The Morgan fingerprint density at radius 2 is 1.90 bits per heavy atom. The highest BCUT2D eigenvalue weighted by molar-refractivity contribution is 7.89. The van der Waals surface area contributed by atoms with Gasteiger partial charge >= 0.3 is 0 Å². The first-order valence-corrected chi connectivity index (χ1v) is 11.8. The third-order valence-electron chi connectivity index (χ3n) is 4.32. The van der Waals surface area contributed by atoms with E-state index in [9.17, 15) is 13.2 Å². The molecular weight excluding hydrogens is 434 g/mol. The van der Waals surface area contributed by atoms with Crippen molar-refractivity contribution in [1.29, 1.82) is 0 Å². The normalized spacial score (nSPS) is 11.4. The van der Waals surface area contributed by atoms with Gasteiger partial charge in [-0.25, -0.2) is 13.4 Å². The van der Waals surface area contributed by atoms with Gasteiger partial charge in [-0.2, -0.15) is 4.31 Å². The average Bonchev–Trinajstić information content (AvgIpc) is 3.15. The Morgan fingerprint density at radius 3 is 2.58 bits per heavy atom. The van der Waals surface area contributed by atoms with Crippen molar-refractivity contribution in [3.8, 4) is 5.75 Å². The van der Waals surface area contributed by atoms with Gasteiger partial charge in [-0.3, -0.25) is 10.1 Å². The van der Waals surface area contributed by atoms with E-state index in [1.165, 1.54) is 33.9 Å². The second-order valence-corrected chi connectivity index (χ2v) is 9.40. The lowest BCUT2D eigenvalue weighted by atomic mass is 10.2. The predicted molar refractivity (Wildman–Crippen MR) is 124 cm³/mol. The molecule has 0 fully saturated rings. The average molecular weight is 458 g/mol. The highest BCUT2D eigenvalue weighted by atomic mass is 32.2. The Morgan fingerprint density at radius 1 is 1.19 bits per heavy atom. The molecule has 1 aromatic heterocycles. The van der Waals surface area contributed by atoms with Gasteiger partial charge in [0, 0.05) is 13.1 Å². The first-order valence-electron chi connectivity index (χ1n) is 9.56. The van der Waals surface area contributed by atoms with Crippen LogP contribution in [0.3, 0.4) is 0 Å². The lowest BCUT2D eigenvalue weighted by Gasteiger charge is -2.18. The number of carbonyl (C=O) groups excluding carboxylic acids is 1. The molecule has 0 spiro atoms. The largest absolute Gasteiger partial charge is 0.493 e. The fourth-order valence-electron chi connectivity index (χ4n) is 2.93. The number of ether oxygens (including phenoxy) is 1. The van der Waals surface area contributed by atoms with Crippen LogP contribution in [-0.4, -0.2) is 43.3 Å². The van der Waals surface area contributed by atoms with Crippen LogP contribution in [0.1, 0.15) is 17.3 Å². The first kappa shape index (κ1) is 22.7. The molecule has 9 heteroatoms. The van der Waals surface area contributed by atoms with Gasteiger partial charge in [-0.15, -0.1) is 13.2 Å². The van der Waals surface area contributed by atoms with E-state index in [4.69, 9.17) is 4.74 Å². The molecule has 7 nitrogen and oxygen atoms in total. The van der Waals surface area contributed by atoms with Crippen LogP contribution in [0, 0.1) is 0 Å². The number of sulfonamides is 1. The summed E-state index contributed by atoms with van der Waals surface area (Å²) >= 11 is 1.20. The molecule has 1 N–H and O–H groups in total. The van der Waals surface area contributed by atoms with Gasteiger partial charge in [-0.1, -0.05) is 35.6 Å². The summed E-state index contributed by atoms with van der Waals surface area (Å²) in [5, 5.41) is 3.14. The summed E-state index contributed by atoms with van der Waals surface area (Å²) in [6.45, 7) is 9.87. The molecule has 3 rings (SSSR count). The monoisotopic (exact) mass is 457 g/mol. The molecule has 0 bridgehead atoms. The molecule has 0 saturated carbocycles. The Balaban J connectivity index is 1.88. The number of nitrogens with one attached hydrogen (secondary N) is 1. The molecule has 0 atom stereocenters. The number of rotatable bonds is 10. The highest BCUT2D eigenvalue weighted by Gasteiger charge is 2.23. The van der Waals surface area contributed by atoms with E-state index < -0.39 is 10.0 Å². The molecular formula is C22H23N3O4S2. The van der Waals surface area contributed by atoms with Gasteiger partial charge in [0.05, 0.1) is 27.3 Å². The number of nitrogens with zero attached hydrogens (tertiary/aromatic N) is 2. The van der Waals surface area contributed by atoms with Crippen molar-refractivity contribution in [2.75, 3.05) is 25.0 Å². The number of carbonyl (C=O) groups is 1. The maximum Gasteiger partial charge on any atom is 0.261 e. The van der Waals surface area contributed by atoms with Crippen LogP contribution in [0.15, 0.2) is 72.7 Å². The SMILES string of the molecule is C=CCN(CC=C)S(=O)(=O)c1ccc2nc(NC(=O)c3ccccc3OCC)sc2c1. The number of hydrogen-bond acceptors (Lipinski definition) is 6. The van der Waals surface area contributed by atoms with Crippen molar-refractivity contribution in [1.82, 2.24) is 9.29 Å². The molecule has 0 unspecified atom stereocenters. The van der Waals surface area contributed by atoms with Gasteiger partial charge in [0.25, 0.3) is 5.91 Å². The second kappa shape index (κ2) is 9.86. The summed E-state index contributed by atoms with van der Waals surface area (Å²) in [5.74, 6) is 0.139.